The highest BCUT2D eigenvalue weighted by atomic mass is 19.1. The molecule has 0 saturated heterocycles. The Bertz CT molecular complexity index is 676. The molecule has 1 heterocycles. The molecule has 1 aromatic heterocycles. The largest absolute Gasteiger partial charge is 0.383 e. The van der Waals surface area contributed by atoms with Gasteiger partial charge in [0, 0.05) is 24.4 Å². The number of aromatic nitrogens is 1. The first kappa shape index (κ1) is 12.6. The van der Waals surface area contributed by atoms with E-state index in [1.54, 1.807) is 18.3 Å². The van der Waals surface area contributed by atoms with Crippen LogP contribution < -0.4 is 5.32 Å². The summed E-state index contributed by atoms with van der Waals surface area (Å²) in [6, 6.07) is 10.6. The molecule has 0 saturated carbocycles. The Morgan fingerprint density at radius 1 is 1.35 bits per heavy atom. The van der Waals surface area contributed by atoms with Gasteiger partial charge in [-0.1, -0.05) is 12.1 Å². The van der Waals surface area contributed by atoms with E-state index in [0.29, 0.717) is 18.2 Å². The quantitative estimate of drug-likeness (QED) is 0.928. The number of nitriles is 1. The second-order valence-corrected chi connectivity index (χ2v) is 4.94. The first-order valence-corrected chi connectivity index (χ1v) is 6.66. The van der Waals surface area contributed by atoms with Gasteiger partial charge in [-0.25, -0.2) is 4.39 Å². The highest BCUT2D eigenvalue weighted by Crippen LogP contribution is 2.31. The van der Waals surface area contributed by atoms with Crippen molar-refractivity contribution >= 4 is 5.69 Å². The molecule has 0 fully saturated rings. The summed E-state index contributed by atoms with van der Waals surface area (Å²) in [4.78, 5) is 4.43. The monoisotopic (exact) mass is 267 g/mol. The summed E-state index contributed by atoms with van der Waals surface area (Å²) >= 11 is 0. The van der Waals surface area contributed by atoms with Crippen LogP contribution in [0.1, 0.15) is 29.2 Å². The number of aryl methyl sites for hydroxylation is 1. The maximum absolute atomic E-state index is 13.5. The molecule has 3 rings (SSSR count). The summed E-state index contributed by atoms with van der Waals surface area (Å²) in [6.07, 6.45) is 3.88. The molecule has 4 heteroatoms. The molecule has 1 aliphatic rings. The SMILES string of the molecule is N#Cc1c(F)cccc1NCC1CCc2cccnc21. The number of pyridine rings is 1. The van der Waals surface area contributed by atoms with Crippen molar-refractivity contribution in [3.8, 4) is 6.07 Å². The summed E-state index contributed by atoms with van der Waals surface area (Å²) in [5.41, 5.74) is 3.04. The number of halogens is 1. The van der Waals surface area contributed by atoms with Crippen molar-refractivity contribution in [2.45, 2.75) is 18.8 Å². The van der Waals surface area contributed by atoms with Gasteiger partial charge in [-0.05, 0) is 36.6 Å². The van der Waals surface area contributed by atoms with Gasteiger partial charge in [0.1, 0.15) is 17.4 Å². The van der Waals surface area contributed by atoms with Crippen molar-refractivity contribution in [3.63, 3.8) is 0 Å². The number of hydrogen-bond acceptors (Lipinski definition) is 3. The van der Waals surface area contributed by atoms with Gasteiger partial charge in [0.15, 0.2) is 0 Å². The normalized spacial score (nSPS) is 16.5. The lowest BCUT2D eigenvalue weighted by Crippen LogP contribution is -2.12. The molecule has 0 bridgehead atoms. The van der Waals surface area contributed by atoms with Crippen LogP contribution in [0.5, 0.6) is 0 Å². The Morgan fingerprint density at radius 3 is 3.10 bits per heavy atom. The van der Waals surface area contributed by atoms with Crippen molar-refractivity contribution < 1.29 is 4.39 Å². The third-order valence-electron chi connectivity index (χ3n) is 3.74. The first-order valence-electron chi connectivity index (χ1n) is 6.66. The predicted octanol–water partition coefficient (Wildman–Crippen LogP) is 3.23. The Kier molecular flexibility index (Phi) is 3.34. The van der Waals surface area contributed by atoms with Crippen LogP contribution in [0.15, 0.2) is 36.5 Å². The lowest BCUT2D eigenvalue weighted by atomic mass is 10.1. The first-order chi connectivity index (χ1) is 9.79. The number of anilines is 1. The molecule has 1 aliphatic carbocycles. The van der Waals surface area contributed by atoms with Gasteiger partial charge < -0.3 is 5.32 Å². The van der Waals surface area contributed by atoms with Crippen molar-refractivity contribution in [1.82, 2.24) is 4.98 Å². The zero-order chi connectivity index (χ0) is 13.9. The smallest absolute Gasteiger partial charge is 0.143 e. The van der Waals surface area contributed by atoms with Crippen LogP contribution in [0.25, 0.3) is 0 Å². The van der Waals surface area contributed by atoms with Crippen LogP contribution in [0, 0.1) is 17.1 Å². The molecule has 0 aliphatic heterocycles. The molecule has 0 radical (unpaired) electrons. The predicted molar refractivity (Wildman–Crippen MR) is 74.9 cm³/mol. The van der Waals surface area contributed by atoms with Crippen LogP contribution in [-0.4, -0.2) is 11.5 Å². The van der Waals surface area contributed by atoms with Gasteiger partial charge >= 0.3 is 0 Å². The second-order valence-electron chi connectivity index (χ2n) is 4.94. The van der Waals surface area contributed by atoms with E-state index in [-0.39, 0.29) is 5.56 Å². The van der Waals surface area contributed by atoms with E-state index < -0.39 is 5.82 Å². The van der Waals surface area contributed by atoms with Crippen LogP contribution in [0.2, 0.25) is 0 Å². The number of fused-ring (bicyclic) bond motifs is 1. The summed E-state index contributed by atoms with van der Waals surface area (Å²) in [6.45, 7) is 0.669. The number of nitrogens with zero attached hydrogens (tertiary/aromatic N) is 2. The van der Waals surface area contributed by atoms with E-state index in [0.717, 1.165) is 18.5 Å². The van der Waals surface area contributed by atoms with Gasteiger partial charge in [0.05, 0.1) is 5.69 Å². The Labute approximate surface area is 117 Å². The van der Waals surface area contributed by atoms with Gasteiger partial charge in [0.2, 0.25) is 0 Å². The van der Waals surface area contributed by atoms with Crippen molar-refractivity contribution in [2.24, 2.45) is 0 Å². The van der Waals surface area contributed by atoms with Crippen LogP contribution >= 0.6 is 0 Å². The van der Waals surface area contributed by atoms with Gasteiger partial charge in [-0.15, -0.1) is 0 Å². The van der Waals surface area contributed by atoms with Gasteiger partial charge in [-0.2, -0.15) is 5.26 Å². The molecule has 1 N–H and O–H groups in total. The standard InChI is InChI=1S/C16H14FN3/c17-14-4-1-5-15(13(14)9-18)20-10-12-7-6-11-3-2-8-19-16(11)12/h1-5,8,12,20H,6-7,10H2. The fraction of sp³-hybridized carbons (Fsp3) is 0.250. The Hall–Kier alpha value is -2.41. The summed E-state index contributed by atoms with van der Waals surface area (Å²) in [7, 11) is 0. The van der Waals surface area contributed by atoms with Crippen molar-refractivity contribution in [3.05, 3.63) is 59.2 Å². The lowest BCUT2D eigenvalue weighted by Gasteiger charge is -2.14. The summed E-state index contributed by atoms with van der Waals surface area (Å²) in [5, 5.41) is 12.2. The van der Waals surface area contributed by atoms with E-state index in [1.807, 2.05) is 12.1 Å². The molecular weight excluding hydrogens is 253 g/mol. The third-order valence-corrected chi connectivity index (χ3v) is 3.74. The highest BCUT2D eigenvalue weighted by molar-refractivity contribution is 5.58. The molecule has 1 aromatic carbocycles. The molecule has 3 nitrogen and oxygen atoms in total. The molecule has 2 aromatic rings. The topological polar surface area (TPSA) is 48.7 Å². The van der Waals surface area contributed by atoms with Crippen molar-refractivity contribution in [1.29, 1.82) is 5.26 Å². The number of nitrogens with one attached hydrogen (secondary N) is 1. The average molecular weight is 267 g/mol. The van der Waals surface area contributed by atoms with Crippen molar-refractivity contribution in [2.75, 3.05) is 11.9 Å². The second kappa shape index (κ2) is 5.30. The zero-order valence-corrected chi connectivity index (χ0v) is 10.9. The molecule has 100 valence electrons. The van der Waals surface area contributed by atoms with E-state index in [1.165, 1.54) is 11.6 Å². The lowest BCUT2D eigenvalue weighted by molar-refractivity contribution is 0.623. The number of rotatable bonds is 3. The molecular formula is C16H14FN3. The molecule has 0 spiro atoms. The number of benzene rings is 1. The zero-order valence-electron chi connectivity index (χ0n) is 10.9. The minimum atomic E-state index is -0.484. The van der Waals surface area contributed by atoms with E-state index in [9.17, 15) is 4.39 Å². The minimum Gasteiger partial charge on any atom is -0.383 e. The van der Waals surface area contributed by atoms with E-state index >= 15 is 0 Å². The summed E-state index contributed by atoms with van der Waals surface area (Å²) in [5.74, 6) is -0.163. The fourth-order valence-corrected chi connectivity index (χ4v) is 2.71. The maximum Gasteiger partial charge on any atom is 0.143 e. The summed E-state index contributed by atoms with van der Waals surface area (Å²) < 4.78 is 13.5. The Morgan fingerprint density at radius 2 is 2.25 bits per heavy atom. The Balaban J connectivity index is 1.76. The van der Waals surface area contributed by atoms with Gasteiger partial charge in [0.25, 0.3) is 0 Å². The van der Waals surface area contributed by atoms with Crippen LogP contribution in [0.3, 0.4) is 0 Å². The van der Waals surface area contributed by atoms with Crippen LogP contribution in [0.4, 0.5) is 10.1 Å². The van der Waals surface area contributed by atoms with E-state index in [4.69, 9.17) is 5.26 Å². The third kappa shape index (κ3) is 2.23. The average Bonchev–Trinajstić information content (AvgIpc) is 2.88. The fourth-order valence-electron chi connectivity index (χ4n) is 2.71. The molecule has 0 amide bonds. The molecule has 1 atom stereocenters. The number of hydrogen-bond donors (Lipinski definition) is 1. The minimum absolute atomic E-state index is 0.0757. The van der Waals surface area contributed by atoms with E-state index in [2.05, 4.69) is 16.4 Å². The van der Waals surface area contributed by atoms with Crippen LogP contribution in [-0.2, 0) is 6.42 Å². The van der Waals surface area contributed by atoms with Gasteiger partial charge in [-0.3, -0.25) is 4.98 Å². The molecule has 20 heavy (non-hydrogen) atoms. The highest BCUT2D eigenvalue weighted by Gasteiger charge is 2.23. The maximum atomic E-state index is 13.5. The molecule has 1 unspecified atom stereocenters.